The van der Waals surface area contributed by atoms with Gasteiger partial charge in [0.2, 0.25) is 6.29 Å². The molecule has 4 bridgehead atoms. The summed E-state index contributed by atoms with van der Waals surface area (Å²) in [6.45, 7) is 8.92. The third-order valence-corrected chi connectivity index (χ3v) is 18.3. The number of nitrogens with one attached hydrogen (secondary N) is 1. The maximum Gasteiger partial charge on any atom is 0.409 e. The number of para-hydroxylation sites is 1. The number of nitrogens with two attached hydrogens (primary N) is 1. The fourth-order valence-corrected chi connectivity index (χ4v) is 15.6. The average Bonchev–Trinajstić information content (AvgIpc) is 2.32. The van der Waals surface area contributed by atoms with Crippen LogP contribution in [0, 0.1) is 23.2 Å². The van der Waals surface area contributed by atoms with Gasteiger partial charge in [0.15, 0.2) is 16.9 Å². The van der Waals surface area contributed by atoms with E-state index in [-0.39, 0.29) is 53.4 Å². The molecule has 82 heavy (non-hydrogen) atoms. The van der Waals surface area contributed by atoms with Gasteiger partial charge in [0, 0.05) is 61.2 Å². The van der Waals surface area contributed by atoms with Crippen LogP contribution in [0.2, 0.25) is 0 Å². The Morgan fingerprint density at radius 3 is 2.43 bits per heavy atom. The summed E-state index contributed by atoms with van der Waals surface area (Å²) in [5.41, 5.74) is 11.5. The second-order valence-corrected chi connectivity index (χ2v) is 25.1. The number of thiazole rings is 1. The third-order valence-electron chi connectivity index (χ3n) is 17.3. The molecule has 0 spiro atoms. The minimum atomic E-state index is -1.89. The first-order chi connectivity index (χ1) is 39.1. The topological polar surface area (TPSA) is 294 Å². The van der Waals surface area contributed by atoms with Gasteiger partial charge < -0.3 is 60.0 Å². The van der Waals surface area contributed by atoms with Gasteiger partial charge in [-0.05, 0) is 141 Å². The molecule has 8 N–H and O–H groups in total. The van der Waals surface area contributed by atoms with Crippen LogP contribution in [0.25, 0.3) is 21.3 Å². The van der Waals surface area contributed by atoms with E-state index in [9.17, 15) is 44.7 Å². The standard InChI is InChI=1S/C60H70N8O13S/c1-34-40(38-16-17-45(64-46(38)52(73)74)67-20-18-36-10-7-11-39(41(36)25-67)51(72)65-55-63-42-12-5-6-13-44(42)82-55)24-62-68(34)33-59-28-57(2)27-58(3,29-59)31-60(30-57,32-59)79-22-21-66(4)56(77)78-26-37-15-14-35(9-8-19-61)23-43(37)80-54-49(71)47(69)48(70)50(81-54)53(75)76/h5-7,10-17,23-24,47-50,54,69-71H,8-9,18-22,25-33,61H2,1-4H3,(H,73,74)(H,75,76)(H,63,65,72)/t47-,48-,49+,50-,54?,57?,58?,59?,60?/m0/s1. The number of hydrogen-bond acceptors (Lipinski definition) is 17. The Morgan fingerprint density at radius 1 is 0.902 bits per heavy atom. The number of aryl methyl sites for hydroxylation is 1. The number of ether oxygens (including phenoxy) is 4. The zero-order valence-corrected chi connectivity index (χ0v) is 47.2. The molecule has 6 aromatic rings. The van der Waals surface area contributed by atoms with Crippen LogP contribution < -0.4 is 20.7 Å². The van der Waals surface area contributed by atoms with Crippen molar-refractivity contribution in [3.63, 3.8) is 0 Å². The second kappa shape index (κ2) is 22.3. The molecule has 2 aliphatic heterocycles. The fraction of sp³-hybridized carbons (Fsp3) is 0.483. The van der Waals surface area contributed by atoms with Gasteiger partial charge in [-0.2, -0.15) is 5.10 Å². The molecule has 5 fully saturated rings. The minimum Gasteiger partial charge on any atom is -0.479 e. The second-order valence-electron chi connectivity index (χ2n) is 24.1. The van der Waals surface area contributed by atoms with Crippen LogP contribution in [0.1, 0.15) is 108 Å². The quantitative estimate of drug-likeness (QED) is 0.0432. The number of aliphatic hydroxyl groups is 3. The number of fused-ring (bicyclic) bond motifs is 2. The molecule has 0 radical (unpaired) electrons. The van der Waals surface area contributed by atoms with E-state index in [1.165, 1.54) is 16.2 Å². The van der Waals surface area contributed by atoms with Gasteiger partial charge in [-0.3, -0.25) is 14.8 Å². The number of rotatable bonds is 19. The van der Waals surface area contributed by atoms with Gasteiger partial charge in [0.05, 0.1) is 28.6 Å². The lowest BCUT2D eigenvalue weighted by Crippen LogP contribution is -2.64. The largest absolute Gasteiger partial charge is 0.479 e. The summed E-state index contributed by atoms with van der Waals surface area (Å²) in [6, 6.07) is 22.3. The third kappa shape index (κ3) is 11.3. The maximum atomic E-state index is 13.8. The average molecular weight is 1140 g/mol. The van der Waals surface area contributed by atoms with Crippen molar-refractivity contribution in [1.29, 1.82) is 0 Å². The van der Waals surface area contributed by atoms with E-state index < -0.39 is 54.3 Å². The summed E-state index contributed by atoms with van der Waals surface area (Å²) < 4.78 is 27.1. The van der Waals surface area contributed by atoms with Crippen molar-refractivity contribution in [3.05, 3.63) is 118 Å². The first-order valence-corrected chi connectivity index (χ1v) is 28.7. The lowest BCUT2D eigenvalue weighted by atomic mass is 9.39. The molecule has 1 saturated heterocycles. The summed E-state index contributed by atoms with van der Waals surface area (Å²) in [7, 11) is 1.63. The Bertz CT molecular complexity index is 3390. The minimum absolute atomic E-state index is 0.00479. The number of nitrogens with zero attached hydrogens (tertiary/aromatic N) is 6. The molecule has 3 aromatic heterocycles. The van der Waals surface area contributed by atoms with Gasteiger partial charge in [-0.1, -0.05) is 61.6 Å². The fourth-order valence-electron chi connectivity index (χ4n) is 14.7. The summed E-state index contributed by atoms with van der Waals surface area (Å²) in [5, 5.41) is 60.1. The number of anilines is 2. The molecule has 3 unspecified atom stereocenters. The van der Waals surface area contributed by atoms with Gasteiger partial charge in [0.25, 0.3) is 5.91 Å². The summed E-state index contributed by atoms with van der Waals surface area (Å²) in [5.74, 6) is -2.33. The number of aliphatic carboxylic acids is 1. The highest BCUT2D eigenvalue weighted by molar-refractivity contribution is 7.22. The molecular weight excluding hydrogens is 1070 g/mol. The van der Waals surface area contributed by atoms with E-state index >= 15 is 0 Å². The van der Waals surface area contributed by atoms with E-state index in [0.29, 0.717) is 78.6 Å². The molecule has 2 amide bonds. The first kappa shape index (κ1) is 56.8. The van der Waals surface area contributed by atoms with Crippen molar-refractivity contribution in [1.82, 2.24) is 24.6 Å². The monoisotopic (exact) mass is 1140 g/mol. The van der Waals surface area contributed by atoms with Crippen molar-refractivity contribution < 1.29 is 63.7 Å². The highest BCUT2D eigenvalue weighted by Crippen LogP contribution is 2.72. The zero-order chi connectivity index (χ0) is 57.9. The number of benzene rings is 3. The molecule has 21 nitrogen and oxygen atoms in total. The molecule has 22 heteroatoms. The van der Waals surface area contributed by atoms with E-state index in [1.54, 1.807) is 25.4 Å². The van der Waals surface area contributed by atoms with Crippen LogP contribution in [0.3, 0.4) is 0 Å². The Hall–Kier alpha value is -7.05. The molecule has 4 aliphatic carbocycles. The van der Waals surface area contributed by atoms with E-state index in [2.05, 4.69) is 24.1 Å². The van der Waals surface area contributed by atoms with Crippen LogP contribution in [0.15, 0.2) is 79.0 Å². The lowest BCUT2D eigenvalue weighted by Gasteiger charge is -2.69. The van der Waals surface area contributed by atoms with Gasteiger partial charge in [-0.15, -0.1) is 0 Å². The molecule has 5 heterocycles. The van der Waals surface area contributed by atoms with Crippen LogP contribution in [-0.4, -0.2) is 144 Å². The highest BCUT2D eigenvalue weighted by atomic mass is 32.1. The molecule has 12 rings (SSSR count). The maximum absolute atomic E-state index is 13.8. The Labute approximate surface area is 478 Å². The SMILES string of the molecule is Cc1c(-c2ccc(N3CCc4cccc(C(=O)Nc5nc6ccccc6s5)c4C3)nc2C(=O)O)cnn1CC12CC3(C)CC(C)(C1)CC(OCCN(C)C(=O)OCc1ccc(CCCN)cc1OC1O[C@H](C(=O)O)[C@@H](O)[C@H](O)[C@H]1O)(C3)C2. The summed E-state index contributed by atoms with van der Waals surface area (Å²) >= 11 is 1.41. The van der Waals surface area contributed by atoms with Crippen molar-refractivity contribution in [2.75, 3.05) is 43.5 Å². The predicted molar refractivity (Wildman–Crippen MR) is 303 cm³/mol. The van der Waals surface area contributed by atoms with E-state index in [0.717, 1.165) is 71.1 Å². The smallest absolute Gasteiger partial charge is 0.409 e. The number of carbonyl (C=O) groups excluding carboxylic acids is 2. The zero-order valence-electron chi connectivity index (χ0n) is 46.4. The number of carbonyl (C=O) groups is 4. The van der Waals surface area contributed by atoms with Gasteiger partial charge in [-0.25, -0.2) is 24.4 Å². The number of aliphatic hydroxyl groups excluding tert-OH is 3. The number of aromatic nitrogens is 4. The number of hydrogen-bond donors (Lipinski definition) is 7. The van der Waals surface area contributed by atoms with Crippen molar-refractivity contribution in [3.8, 4) is 16.9 Å². The van der Waals surface area contributed by atoms with Crippen molar-refractivity contribution in [2.45, 2.75) is 135 Å². The Morgan fingerprint density at radius 2 is 1.68 bits per heavy atom. The molecular formula is C60H70N8O13S. The molecule has 6 aliphatic rings. The van der Waals surface area contributed by atoms with Crippen LogP contribution in [-0.2, 0) is 51.5 Å². The molecule has 3 aromatic carbocycles. The number of carboxylic acid groups (broad SMARTS) is 2. The normalized spacial score (nSPS) is 27.3. The molecule has 4 saturated carbocycles. The summed E-state index contributed by atoms with van der Waals surface area (Å²) in [6.07, 6.45) is -0.497. The lowest BCUT2D eigenvalue weighted by molar-refractivity contribution is -0.271. The van der Waals surface area contributed by atoms with E-state index in [4.69, 9.17) is 34.8 Å². The Balaban J connectivity index is 0.743. The van der Waals surface area contributed by atoms with Crippen LogP contribution in [0.5, 0.6) is 5.75 Å². The number of likely N-dealkylation sites (N-methyl/N-ethyl adjacent to an activating group) is 1. The Kier molecular flexibility index (Phi) is 15.4. The summed E-state index contributed by atoms with van der Waals surface area (Å²) in [4.78, 5) is 65.0. The van der Waals surface area contributed by atoms with Gasteiger partial charge in [0.1, 0.15) is 36.5 Å². The van der Waals surface area contributed by atoms with Crippen molar-refractivity contribution >= 4 is 56.4 Å². The molecule has 434 valence electrons. The van der Waals surface area contributed by atoms with E-state index in [1.807, 2.05) is 77.2 Å². The number of amides is 2. The predicted octanol–water partition coefficient (Wildman–Crippen LogP) is 6.94. The van der Waals surface area contributed by atoms with Crippen LogP contribution in [0.4, 0.5) is 15.7 Å². The number of carboxylic acids is 2. The van der Waals surface area contributed by atoms with Crippen LogP contribution >= 0.6 is 11.3 Å². The van der Waals surface area contributed by atoms with Gasteiger partial charge >= 0.3 is 18.0 Å². The molecule has 7 atom stereocenters. The first-order valence-electron chi connectivity index (χ1n) is 27.9. The number of aromatic carboxylic acids is 1. The number of pyridine rings is 1. The highest BCUT2D eigenvalue weighted by Gasteiger charge is 2.66. The van der Waals surface area contributed by atoms with Crippen molar-refractivity contribution in [2.24, 2.45) is 22.0 Å².